The molecule has 0 aliphatic carbocycles. The lowest BCUT2D eigenvalue weighted by molar-refractivity contribution is -0.147. The molecule has 1 unspecified atom stereocenters. The molecule has 0 aliphatic heterocycles. The van der Waals surface area contributed by atoms with Crippen LogP contribution in [0.1, 0.15) is 168 Å². The lowest BCUT2D eigenvalue weighted by Crippen LogP contribution is -2.16. The van der Waals surface area contributed by atoms with Crippen molar-refractivity contribution in [2.75, 3.05) is 0 Å². The highest BCUT2D eigenvalue weighted by atomic mass is 16.5. The van der Waals surface area contributed by atoms with E-state index >= 15 is 0 Å². The van der Waals surface area contributed by atoms with Gasteiger partial charge in [0.25, 0.3) is 0 Å². The molecule has 0 aromatic carbocycles. The van der Waals surface area contributed by atoms with Crippen LogP contribution in [0.2, 0.25) is 0 Å². The lowest BCUT2D eigenvalue weighted by Gasteiger charge is -2.15. The Morgan fingerprint density at radius 1 is 0.590 bits per heavy atom. The van der Waals surface area contributed by atoms with Crippen LogP contribution in [0.4, 0.5) is 0 Å². The Morgan fingerprint density at radius 2 is 1.08 bits per heavy atom. The van der Waals surface area contributed by atoms with E-state index in [-0.39, 0.29) is 18.5 Å². The van der Waals surface area contributed by atoms with Gasteiger partial charge in [0, 0.05) is 12.8 Å². The first-order valence-electron chi connectivity index (χ1n) is 16.5. The van der Waals surface area contributed by atoms with Gasteiger partial charge in [0.05, 0.1) is 0 Å². The lowest BCUT2D eigenvalue weighted by atomic mass is 10.1. The first-order valence-corrected chi connectivity index (χ1v) is 16.5. The van der Waals surface area contributed by atoms with Gasteiger partial charge >= 0.3 is 11.9 Å². The van der Waals surface area contributed by atoms with Crippen molar-refractivity contribution in [2.24, 2.45) is 0 Å². The molecule has 0 heterocycles. The number of hydrogen-bond acceptors (Lipinski definition) is 3. The van der Waals surface area contributed by atoms with Gasteiger partial charge in [-0.3, -0.25) is 9.59 Å². The molecule has 0 aromatic heterocycles. The van der Waals surface area contributed by atoms with E-state index in [9.17, 15) is 9.59 Å². The zero-order chi connectivity index (χ0) is 28.7. The van der Waals surface area contributed by atoms with Crippen LogP contribution < -0.4 is 0 Å². The molecule has 0 radical (unpaired) electrons. The molecule has 0 aromatic rings. The van der Waals surface area contributed by atoms with Crippen LogP contribution in [0.5, 0.6) is 0 Å². The Labute approximate surface area is 241 Å². The third-order valence-electron chi connectivity index (χ3n) is 7.07. The molecule has 0 saturated heterocycles. The van der Waals surface area contributed by atoms with E-state index in [0.29, 0.717) is 6.42 Å². The molecule has 39 heavy (non-hydrogen) atoms. The molecule has 226 valence electrons. The Balaban J connectivity index is 3.98. The number of allylic oxidation sites excluding steroid dienone is 5. The average molecular weight is 547 g/mol. The van der Waals surface area contributed by atoms with Crippen LogP contribution in [0.25, 0.3) is 0 Å². The number of hydrogen-bond donors (Lipinski definition) is 1. The fraction of sp³-hybridized carbons (Fsp3) is 0.771. The third-order valence-corrected chi connectivity index (χ3v) is 7.07. The zero-order valence-corrected chi connectivity index (χ0v) is 25.7. The minimum absolute atomic E-state index is 0.0807. The van der Waals surface area contributed by atoms with Crippen molar-refractivity contribution in [1.29, 1.82) is 0 Å². The summed E-state index contributed by atoms with van der Waals surface area (Å²) in [6.45, 7) is 4.47. The van der Waals surface area contributed by atoms with E-state index < -0.39 is 5.97 Å². The first kappa shape index (κ1) is 37.2. The summed E-state index contributed by atoms with van der Waals surface area (Å²) in [5, 5.41) is 8.77. The van der Waals surface area contributed by atoms with Crippen molar-refractivity contribution < 1.29 is 19.4 Å². The van der Waals surface area contributed by atoms with Gasteiger partial charge in [0.15, 0.2) is 0 Å². The molecule has 0 spiro atoms. The van der Waals surface area contributed by atoms with Crippen molar-refractivity contribution in [3.8, 4) is 0 Å². The maximum absolute atomic E-state index is 12.4. The van der Waals surface area contributed by atoms with Crippen LogP contribution in [0, 0.1) is 0 Å². The van der Waals surface area contributed by atoms with E-state index in [4.69, 9.17) is 9.84 Å². The van der Waals surface area contributed by atoms with Gasteiger partial charge in [-0.25, -0.2) is 0 Å². The maximum Gasteiger partial charge on any atom is 0.306 e. The van der Waals surface area contributed by atoms with Gasteiger partial charge < -0.3 is 9.84 Å². The second-order valence-electron chi connectivity index (χ2n) is 11.0. The summed E-state index contributed by atoms with van der Waals surface area (Å²) >= 11 is 0. The number of carboxylic acids is 1. The minimum Gasteiger partial charge on any atom is -0.481 e. The molecular formula is C35H62O4. The van der Waals surface area contributed by atoms with Crippen molar-refractivity contribution in [3.63, 3.8) is 0 Å². The topological polar surface area (TPSA) is 63.6 Å². The summed E-state index contributed by atoms with van der Waals surface area (Å²) in [7, 11) is 0. The van der Waals surface area contributed by atoms with Crippen LogP contribution in [-0.2, 0) is 14.3 Å². The summed E-state index contributed by atoms with van der Waals surface area (Å²) < 4.78 is 5.81. The molecule has 0 saturated carbocycles. The van der Waals surface area contributed by atoms with Crippen LogP contribution in [0.3, 0.4) is 0 Å². The fourth-order valence-corrected chi connectivity index (χ4v) is 4.59. The largest absolute Gasteiger partial charge is 0.481 e. The highest BCUT2D eigenvalue weighted by Gasteiger charge is 2.11. The normalized spacial score (nSPS) is 12.7. The average Bonchev–Trinajstić information content (AvgIpc) is 2.91. The third kappa shape index (κ3) is 30.6. The molecular weight excluding hydrogens is 484 g/mol. The predicted molar refractivity (Wildman–Crippen MR) is 167 cm³/mol. The van der Waals surface area contributed by atoms with Crippen LogP contribution >= 0.6 is 0 Å². The number of carbonyl (C=O) groups excluding carboxylic acids is 1. The van der Waals surface area contributed by atoms with E-state index in [1.54, 1.807) is 0 Å². The number of carbonyl (C=O) groups is 2. The second kappa shape index (κ2) is 30.7. The smallest absolute Gasteiger partial charge is 0.306 e. The molecule has 0 fully saturated rings. The van der Waals surface area contributed by atoms with E-state index in [0.717, 1.165) is 64.2 Å². The van der Waals surface area contributed by atoms with Crippen molar-refractivity contribution in [1.82, 2.24) is 0 Å². The Hall–Kier alpha value is -1.84. The number of rotatable bonds is 29. The highest BCUT2D eigenvalue weighted by Crippen LogP contribution is 2.15. The van der Waals surface area contributed by atoms with Gasteiger partial charge in [0.1, 0.15) is 6.10 Å². The summed E-state index contributed by atoms with van der Waals surface area (Å²) in [5.74, 6) is -0.806. The zero-order valence-electron chi connectivity index (χ0n) is 25.7. The van der Waals surface area contributed by atoms with Crippen LogP contribution in [0.15, 0.2) is 36.5 Å². The van der Waals surface area contributed by atoms with Crippen LogP contribution in [-0.4, -0.2) is 23.1 Å². The molecule has 4 nitrogen and oxygen atoms in total. The quantitative estimate of drug-likeness (QED) is 0.0575. The summed E-state index contributed by atoms with van der Waals surface area (Å²) in [4.78, 5) is 23.1. The fourth-order valence-electron chi connectivity index (χ4n) is 4.59. The summed E-state index contributed by atoms with van der Waals surface area (Å²) in [6, 6.07) is 0. The van der Waals surface area contributed by atoms with E-state index in [2.05, 4.69) is 50.3 Å². The van der Waals surface area contributed by atoms with Gasteiger partial charge in [0.2, 0.25) is 0 Å². The Morgan fingerprint density at radius 3 is 1.67 bits per heavy atom. The molecule has 1 atom stereocenters. The Kier molecular flexibility index (Phi) is 29.2. The maximum atomic E-state index is 12.4. The number of carboxylic acid groups (broad SMARTS) is 1. The molecule has 1 N–H and O–H groups in total. The number of unbranched alkanes of at least 4 members (excludes halogenated alkanes) is 16. The SMILES string of the molecule is CCCCCC/C=C\C/C=C\CCCCCCCC(=O)OC(/C=C\CCCCCC)CCCCCCC(=O)O. The summed E-state index contributed by atoms with van der Waals surface area (Å²) in [6.07, 6.45) is 38.8. The van der Waals surface area contributed by atoms with Crippen molar-refractivity contribution >= 4 is 11.9 Å². The molecule has 0 aliphatic rings. The van der Waals surface area contributed by atoms with Gasteiger partial charge in [-0.15, -0.1) is 0 Å². The highest BCUT2D eigenvalue weighted by molar-refractivity contribution is 5.69. The predicted octanol–water partition coefficient (Wildman–Crippen LogP) is 11.1. The standard InChI is InChI=1S/C35H62O4/c1-3-5-7-9-11-12-13-14-15-16-17-18-19-20-22-28-32-35(38)39-33(29-25-21-10-8-6-4-2)30-26-23-24-27-31-34(36)37/h12-13,15-16,25,29,33H,3-11,14,17-24,26-28,30-32H2,1-2H3,(H,36,37)/b13-12-,16-15-,29-25-. The molecule has 0 amide bonds. The van der Waals surface area contributed by atoms with E-state index in [1.807, 2.05) is 0 Å². The van der Waals surface area contributed by atoms with E-state index in [1.165, 1.54) is 77.0 Å². The number of esters is 1. The molecule has 0 bridgehead atoms. The minimum atomic E-state index is -0.726. The van der Waals surface area contributed by atoms with Crippen molar-refractivity contribution in [3.05, 3.63) is 36.5 Å². The number of ether oxygens (including phenoxy) is 1. The summed E-state index contributed by atoms with van der Waals surface area (Å²) in [5.41, 5.74) is 0. The number of aliphatic carboxylic acids is 1. The van der Waals surface area contributed by atoms with Gasteiger partial charge in [-0.05, 0) is 76.7 Å². The monoisotopic (exact) mass is 546 g/mol. The second-order valence-corrected chi connectivity index (χ2v) is 11.0. The van der Waals surface area contributed by atoms with Gasteiger partial charge in [-0.2, -0.15) is 0 Å². The van der Waals surface area contributed by atoms with Crippen molar-refractivity contribution in [2.45, 2.75) is 174 Å². The molecule has 4 heteroatoms. The van der Waals surface area contributed by atoms with Gasteiger partial charge in [-0.1, -0.05) is 115 Å². The molecule has 0 rings (SSSR count). The Bertz CT molecular complexity index is 635. The first-order chi connectivity index (χ1) is 19.1.